The SMILES string of the molecule is CC(C)S(=O)(=O)NC1CCN(C(=O)CC(N)Cc2cc(F)c(F)cc2F)CC1. The summed E-state index contributed by atoms with van der Waals surface area (Å²) in [5.41, 5.74) is 5.81. The predicted molar refractivity (Wildman–Crippen MR) is 99.4 cm³/mol. The first-order valence-electron chi connectivity index (χ1n) is 9.17. The van der Waals surface area contributed by atoms with E-state index < -0.39 is 38.8 Å². The molecular formula is C18H26F3N3O3S. The predicted octanol–water partition coefficient (Wildman–Crippen LogP) is 1.68. The molecule has 0 saturated carbocycles. The number of piperidine rings is 1. The van der Waals surface area contributed by atoms with Crippen LogP contribution >= 0.6 is 0 Å². The first-order chi connectivity index (χ1) is 13.0. The van der Waals surface area contributed by atoms with Gasteiger partial charge in [0.2, 0.25) is 15.9 Å². The van der Waals surface area contributed by atoms with Gasteiger partial charge in [-0.2, -0.15) is 0 Å². The number of amides is 1. The molecule has 1 heterocycles. The minimum atomic E-state index is -3.37. The number of rotatable bonds is 7. The van der Waals surface area contributed by atoms with E-state index in [9.17, 15) is 26.4 Å². The summed E-state index contributed by atoms with van der Waals surface area (Å²) in [6.45, 7) is 3.96. The smallest absolute Gasteiger partial charge is 0.224 e. The average molecular weight is 421 g/mol. The minimum absolute atomic E-state index is 0.0686. The molecule has 0 bridgehead atoms. The lowest BCUT2D eigenvalue weighted by molar-refractivity contribution is -0.132. The zero-order valence-corrected chi connectivity index (χ0v) is 16.7. The van der Waals surface area contributed by atoms with Crippen LogP contribution in [0.5, 0.6) is 0 Å². The average Bonchev–Trinajstić information content (AvgIpc) is 2.59. The molecule has 1 aliphatic rings. The highest BCUT2D eigenvalue weighted by atomic mass is 32.2. The second kappa shape index (κ2) is 9.23. The van der Waals surface area contributed by atoms with Gasteiger partial charge in [-0.1, -0.05) is 0 Å². The molecule has 10 heteroatoms. The standard InChI is InChI=1S/C18H26F3N3O3S/c1-11(2)28(26,27)23-14-3-5-24(6-4-14)18(25)9-13(22)7-12-8-16(20)17(21)10-15(12)19/h8,10-11,13-14,23H,3-7,9,22H2,1-2H3. The second-order valence-electron chi connectivity index (χ2n) is 7.39. The van der Waals surface area contributed by atoms with Crippen molar-refractivity contribution in [2.45, 2.75) is 56.9 Å². The number of nitrogens with one attached hydrogen (secondary N) is 1. The molecule has 1 aliphatic heterocycles. The van der Waals surface area contributed by atoms with Crippen LogP contribution in [0, 0.1) is 17.5 Å². The Morgan fingerprint density at radius 1 is 1.18 bits per heavy atom. The number of carbonyl (C=O) groups is 1. The second-order valence-corrected chi connectivity index (χ2v) is 9.66. The number of benzene rings is 1. The highest BCUT2D eigenvalue weighted by Gasteiger charge is 2.28. The van der Waals surface area contributed by atoms with Crippen molar-refractivity contribution in [3.8, 4) is 0 Å². The lowest BCUT2D eigenvalue weighted by Crippen LogP contribution is -2.48. The van der Waals surface area contributed by atoms with Crippen LogP contribution in [-0.4, -0.2) is 49.6 Å². The van der Waals surface area contributed by atoms with Gasteiger partial charge in [0.25, 0.3) is 0 Å². The maximum Gasteiger partial charge on any atom is 0.224 e. The third-order valence-corrected chi connectivity index (χ3v) is 6.71. The topological polar surface area (TPSA) is 92.5 Å². The Morgan fingerprint density at radius 3 is 2.32 bits per heavy atom. The van der Waals surface area contributed by atoms with Gasteiger partial charge >= 0.3 is 0 Å². The Balaban J connectivity index is 1.85. The van der Waals surface area contributed by atoms with Crippen molar-refractivity contribution in [1.82, 2.24) is 9.62 Å². The fraction of sp³-hybridized carbons (Fsp3) is 0.611. The first-order valence-corrected chi connectivity index (χ1v) is 10.7. The van der Waals surface area contributed by atoms with Crippen LogP contribution < -0.4 is 10.5 Å². The molecule has 1 unspecified atom stereocenters. The quantitative estimate of drug-likeness (QED) is 0.656. The summed E-state index contributed by atoms with van der Waals surface area (Å²) >= 11 is 0. The van der Waals surface area contributed by atoms with Crippen LogP contribution in [0.2, 0.25) is 0 Å². The Hall–Kier alpha value is -1.65. The van der Waals surface area contributed by atoms with Crippen molar-refractivity contribution >= 4 is 15.9 Å². The maximum atomic E-state index is 13.7. The number of likely N-dealkylation sites (tertiary alicyclic amines) is 1. The lowest BCUT2D eigenvalue weighted by Gasteiger charge is -2.33. The monoisotopic (exact) mass is 421 g/mol. The minimum Gasteiger partial charge on any atom is -0.343 e. The van der Waals surface area contributed by atoms with Crippen LogP contribution in [0.25, 0.3) is 0 Å². The molecule has 6 nitrogen and oxygen atoms in total. The van der Waals surface area contributed by atoms with Gasteiger partial charge in [-0.3, -0.25) is 4.79 Å². The zero-order valence-electron chi connectivity index (χ0n) is 15.9. The summed E-state index contributed by atoms with van der Waals surface area (Å²) in [6.07, 6.45) is 0.815. The third kappa shape index (κ3) is 5.92. The van der Waals surface area contributed by atoms with Crippen molar-refractivity contribution in [3.05, 3.63) is 35.1 Å². The highest BCUT2D eigenvalue weighted by Crippen LogP contribution is 2.17. The van der Waals surface area contributed by atoms with Gasteiger partial charge in [-0.25, -0.2) is 26.3 Å². The molecule has 0 radical (unpaired) electrons. The van der Waals surface area contributed by atoms with Gasteiger partial charge in [-0.05, 0) is 44.7 Å². The van der Waals surface area contributed by atoms with Gasteiger partial charge in [-0.15, -0.1) is 0 Å². The summed E-state index contributed by atoms with van der Waals surface area (Å²) < 4.78 is 66.4. The Bertz CT molecular complexity index is 810. The van der Waals surface area contributed by atoms with Gasteiger partial charge in [0.05, 0.1) is 5.25 Å². The van der Waals surface area contributed by atoms with Gasteiger partial charge in [0.1, 0.15) is 5.82 Å². The Morgan fingerprint density at radius 2 is 1.75 bits per heavy atom. The number of hydrogen-bond donors (Lipinski definition) is 2. The van der Waals surface area contributed by atoms with Crippen molar-refractivity contribution < 1.29 is 26.4 Å². The van der Waals surface area contributed by atoms with Gasteiger partial charge in [0.15, 0.2) is 11.6 Å². The van der Waals surface area contributed by atoms with Gasteiger partial charge in [0, 0.05) is 37.7 Å². The molecule has 1 atom stereocenters. The molecule has 2 rings (SSSR count). The largest absolute Gasteiger partial charge is 0.343 e. The summed E-state index contributed by atoms with van der Waals surface area (Å²) in [5.74, 6) is -3.58. The number of nitrogens with two attached hydrogens (primary N) is 1. The molecule has 158 valence electrons. The maximum absolute atomic E-state index is 13.7. The van der Waals surface area contributed by atoms with E-state index >= 15 is 0 Å². The van der Waals surface area contributed by atoms with E-state index in [0.717, 1.165) is 6.07 Å². The molecule has 0 aliphatic carbocycles. The molecule has 28 heavy (non-hydrogen) atoms. The van der Waals surface area contributed by atoms with Crippen LogP contribution in [0.15, 0.2) is 12.1 Å². The number of nitrogens with zero attached hydrogens (tertiary/aromatic N) is 1. The first kappa shape index (κ1) is 22.6. The van der Waals surface area contributed by atoms with Crippen LogP contribution in [-0.2, 0) is 21.2 Å². The summed E-state index contributed by atoms with van der Waals surface area (Å²) in [5, 5.41) is -0.526. The molecule has 3 N–H and O–H groups in total. The third-order valence-electron chi connectivity index (χ3n) is 4.81. The van der Waals surface area contributed by atoms with Crippen LogP contribution in [0.3, 0.4) is 0 Å². The Labute approximate surface area is 163 Å². The fourth-order valence-electron chi connectivity index (χ4n) is 3.04. The van der Waals surface area contributed by atoms with E-state index in [1.165, 1.54) is 0 Å². The van der Waals surface area contributed by atoms with Crippen molar-refractivity contribution in [1.29, 1.82) is 0 Å². The van der Waals surface area contributed by atoms with Crippen molar-refractivity contribution in [2.75, 3.05) is 13.1 Å². The molecule has 1 aromatic rings. The molecule has 0 spiro atoms. The van der Waals surface area contributed by atoms with Crippen molar-refractivity contribution in [2.24, 2.45) is 5.73 Å². The number of hydrogen-bond acceptors (Lipinski definition) is 4. The number of sulfonamides is 1. The van der Waals surface area contributed by atoms with Crippen LogP contribution in [0.1, 0.15) is 38.7 Å². The van der Waals surface area contributed by atoms with E-state index in [2.05, 4.69) is 4.72 Å². The molecule has 1 aromatic carbocycles. The molecule has 0 aromatic heterocycles. The summed E-state index contributed by atoms with van der Waals surface area (Å²) in [6, 6.07) is 0.245. The van der Waals surface area contributed by atoms with Crippen molar-refractivity contribution in [3.63, 3.8) is 0 Å². The number of carbonyl (C=O) groups excluding carboxylic acids is 1. The normalized spacial score (nSPS) is 17.2. The molecular weight excluding hydrogens is 395 g/mol. The van der Waals surface area contributed by atoms with E-state index in [4.69, 9.17) is 5.73 Å². The van der Waals surface area contributed by atoms with E-state index in [1.807, 2.05) is 0 Å². The highest BCUT2D eigenvalue weighted by molar-refractivity contribution is 7.90. The van der Waals surface area contributed by atoms with Crippen LogP contribution in [0.4, 0.5) is 13.2 Å². The molecule has 1 fully saturated rings. The molecule has 1 saturated heterocycles. The molecule has 1 amide bonds. The zero-order chi connectivity index (χ0) is 21.1. The van der Waals surface area contributed by atoms with E-state index in [-0.39, 0.29) is 30.4 Å². The van der Waals surface area contributed by atoms with E-state index in [0.29, 0.717) is 32.0 Å². The van der Waals surface area contributed by atoms with E-state index in [1.54, 1.807) is 18.7 Å². The van der Waals surface area contributed by atoms with Gasteiger partial charge < -0.3 is 10.6 Å². The fourth-order valence-corrected chi connectivity index (χ4v) is 4.02. The summed E-state index contributed by atoms with van der Waals surface area (Å²) in [7, 11) is -3.37. The lowest BCUT2D eigenvalue weighted by atomic mass is 10.0. The number of halogens is 3. The Kier molecular flexibility index (Phi) is 7.46. The summed E-state index contributed by atoms with van der Waals surface area (Å²) in [4.78, 5) is 14.0.